The van der Waals surface area contributed by atoms with Gasteiger partial charge in [0.05, 0.1) is 19.3 Å². The molecule has 1 unspecified atom stereocenters. The molecular formula is C17H31N5O2. The predicted octanol–water partition coefficient (Wildman–Crippen LogP) is 1.45. The van der Waals surface area contributed by atoms with Crippen molar-refractivity contribution in [3.05, 3.63) is 12.3 Å². The number of nitrogens with zero attached hydrogens (tertiary/aromatic N) is 4. The zero-order valence-corrected chi connectivity index (χ0v) is 15.4. The molecule has 0 radical (unpaired) electrons. The largest absolute Gasteiger partial charge is 0.383 e. The molecule has 2 heterocycles. The number of ether oxygens (including phenoxy) is 1. The number of rotatable bonds is 8. The molecule has 0 aromatic carbocycles. The minimum absolute atomic E-state index is 0.0256. The molecule has 0 aliphatic carbocycles. The fourth-order valence-electron chi connectivity index (χ4n) is 3.20. The highest BCUT2D eigenvalue weighted by molar-refractivity contribution is 5.91. The van der Waals surface area contributed by atoms with E-state index < -0.39 is 0 Å². The van der Waals surface area contributed by atoms with E-state index in [9.17, 15) is 4.79 Å². The van der Waals surface area contributed by atoms with Gasteiger partial charge in [0.15, 0.2) is 0 Å². The van der Waals surface area contributed by atoms with Crippen molar-refractivity contribution in [3.8, 4) is 0 Å². The Morgan fingerprint density at radius 3 is 2.92 bits per heavy atom. The van der Waals surface area contributed by atoms with Gasteiger partial charge in [-0.05, 0) is 20.3 Å². The summed E-state index contributed by atoms with van der Waals surface area (Å²) in [5, 5.41) is 7.23. The van der Waals surface area contributed by atoms with Crippen LogP contribution in [0.2, 0.25) is 0 Å². The summed E-state index contributed by atoms with van der Waals surface area (Å²) in [7, 11) is 1.74. The van der Waals surface area contributed by atoms with Crippen LogP contribution < -0.4 is 5.32 Å². The first-order chi connectivity index (χ1) is 11.5. The van der Waals surface area contributed by atoms with Crippen LogP contribution >= 0.6 is 0 Å². The van der Waals surface area contributed by atoms with Crippen LogP contribution in [0, 0.1) is 0 Å². The highest BCUT2D eigenvalue weighted by atomic mass is 16.5. The Morgan fingerprint density at radius 1 is 1.46 bits per heavy atom. The van der Waals surface area contributed by atoms with Crippen molar-refractivity contribution in [1.82, 2.24) is 19.6 Å². The summed E-state index contributed by atoms with van der Waals surface area (Å²) < 4.78 is 7.02. The van der Waals surface area contributed by atoms with Crippen molar-refractivity contribution in [1.29, 1.82) is 0 Å². The fourth-order valence-corrected chi connectivity index (χ4v) is 3.20. The number of piperazine rings is 1. The molecule has 1 N–H and O–H groups in total. The number of anilines is 1. The Labute approximate surface area is 144 Å². The van der Waals surface area contributed by atoms with Gasteiger partial charge < -0.3 is 10.1 Å². The quantitative estimate of drug-likeness (QED) is 0.778. The van der Waals surface area contributed by atoms with Crippen LogP contribution in [0.1, 0.15) is 33.2 Å². The van der Waals surface area contributed by atoms with Crippen molar-refractivity contribution in [2.75, 3.05) is 51.8 Å². The van der Waals surface area contributed by atoms with Crippen molar-refractivity contribution < 1.29 is 9.53 Å². The van der Waals surface area contributed by atoms with Crippen LogP contribution in [0.25, 0.3) is 0 Å². The fraction of sp³-hybridized carbons (Fsp3) is 0.765. The van der Waals surface area contributed by atoms with Crippen molar-refractivity contribution in [3.63, 3.8) is 0 Å². The first-order valence-corrected chi connectivity index (χ1v) is 8.83. The Bertz CT molecular complexity index is 517. The topological polar surface area (TPSA) is 62.6 Å². The lowest BCUT2D eigenvalue weighted by atomic mass is 10.1. The molecule has 1 amide bonds. The summed E-state index contributed by atoms with van der Waals surface area (Å²) in [6, 6.07) is 2.56. The normalized spacial score (nSPS) is 19.8. The van der Waals surface area contributed by atoms with E-state index in [0.717, 1.165) is 45.0 Å². The Hall–Kier alpha value is -1.44. The van der Waals surface area contributed by atoms with Gasteiger partial charge in [-0.25, -0.2) is 4.68 Å². The van der Waals surface area contributed by atoms with Gasteiger partial charge in [0, 0.05) is 51.4 Å². The number of carbonyl (C=O) groups excluding carboxylic acids is 1. The second kappa shape index (κ2) is 9.15. The monoisotopic (exact) mass is 337 g/mol. The first-order valence-electron chi connectivity index (χ1n) is 8.83. The summed E-state index contributed by atoms with van der Waals surface area (Å²) in [5.41, 5.74) is 0. The lowest BCUT2D eigenvalue weighted by Crippen LogP contribution is -2.54. The van der Waals surface area contributed by atoms with Crippen LogP contribution in [0.5, 0.6) is 0 Å². The average molecular weight is 337 g/mol. The molecule has 24 heavy (non-hydrogen) atoms. The van der Waals surface area contributed by atoms with Crippen molar-refractivity contribution in [2.24, 2.45) is 0 Å². The molecule has 7 heteroatoms. The zero-order valence-electron chi connectivity index (χ0n) is 15.4. The molecule has 1 aliphatic heterocycles. The van der Waals surface area contributed by atoms with Crippen LogP contribution in [0.3, 0.4) is 0 Å². The van der Waals surface area contributed by atoms with E-state index >= 15 is 0 Å². The van der Waals surface area contributed by atoms with Gasteiger partial charge in [-0.3, -0.25) is 14.6 Å². The Morgan fingerprint density at radius 2 is 2.25 bits per heavy atom. The lowest BCUT2D eigenvalue weighted by molar-refractivity contribution is -0.118. The summed E-state index contributed by atoms with van der Waals surface area (Å²) in [4.78, 5) is 17.1. The van der Waals surface area contributed by atoms with E-state index in [4.69, 9.17) is 4.74 Å². The smallest absolute Gasteiger partial charge is 0.239 e. The van der Waals surface area contributed by atoms with E-state index in [0.29, 0.717) is 12.6 Å². The molecule has 7 nitrogen and oxygen atoms in total. The number of hydrogen-bond donors (Lipinski definition) is 1. The molecule has 1 fully saturated rings. The standard InChI is InChI=1S/C17H31N5O2/c1-5-15-12-20(8-9-21(15)10-11-24-4)13-17(23)19-16-6-7-18-22(16)14(2)3/h6-7,14-15H,5,8-13H2,1-4H3,(H,19,23). The molecule has 2 rings (SSSR count). The Balaban J connectivity index is 1.85. The van der Waals surface area contributed by atoms with Gasteiger partial charge in [-0.1, -0.05) is 6.92 Å². The van der Waals surface area contributed by atoms with Gasteiger partial charge >= 0.3 is 0 Å². The molecule has 1 atom stereocenters. The summed E-state index contributed by atoms with van der Waals surface area (Å²) in [6.07, 6.45) is 2.80. The SMILES string of the molecule is CCC1CN(CC(=O)Nc2ccnn2C(C)C)CCN1CCOC. The predicted molar refractivity (Wildman–Crippen MR) is 95.2 cm³/mol. The molecule has 0 spiro atoms. The van der Waals surface area contributed by atoms with Crippen LogP contribution in [0.4, 0.5) is 5.82 Å². The average Bonchev–Trinajstić information content (AvgIpc) is 3.01. The highest BCUT2D eigenvalue weighted by Crippen LogP contribution is 2.15. The van der Waals surface area contributed by atoms with Crippen LogP contribution in [-0.4, -0.2) is 78.0 Å². The minimum atomic E-state index is 0.0256. The van der Waals surface area contributed by atoms with Crippen LogP contribution in [-0.2, 0) is 9.53 Å². The molecule has 0 saturated carbocycles. The van der Waals surface area contributed by atoms with Gasteiger partial charge in [-0.2, -0.15) is 5.10 Å². The molecule has 136 valence electrons. The summed E-state index contributed by atoms with van der Waals surface area (Å²) >= 11 is 0. The number of nitrogens with one attached hydrogen (secondary N) is 1. The van der Waals surface area contributed by atoms with Gasteiger partial charge in [0.2, 0.25) is 5.91 Å². The maximum Gasteiger partial charge on any atom is 0.239 e. The number of methoxy groups -OCH3 is 1. The third kappa shape index (κ3) is 5.03. The maximum atomic E-state index is 12.4. The third-order valence-electron chi connectivity index (χ3n) is 4.54. The molecule has 1 aromatic rings. The number of carbonyl (C=O) groups is 1. The molecule has 0 bridgehead atoms. The number of amides is 1. The number of hydrogen-bond acceptors (Lipinski definition) is 5. The van der Waals surface area contributed by atoms with Gasteiger partial charge in [0.25, 0.3) is 0 Å². The molecule has 1 saturated heterocycles. The first kappa shape index (κ1) is 18.9. The molecular weight excluding hydrogens is 306 g/mol. The summed E-state index contributed by atoms with van der Waals surface area (Å²) in [6.45, 7) is 11.3. The summed E-state index contributed by atoms with van der Waals surface area (Å²) in [5.74, 6) is 0.790. The van der Waals surface area contributed by atoms with E-state index in [2.05, 4.69) is 27.1 Å². The second-order valence-electron chi connectivity index (χ2n) is 6.63. The van der Waals surface area contributed by atoms with Crippen LogP contribution in [0.15, 0.2) is 12.3 Å². The minimum Gasteiger partial charge on any atom is -0.383 e. The third-order valence-corrected chi connectivity index (χ3v) is 4.54. The molecule has 1 aromatic heterocycles. The van der Waals surface area contributed by atoms with E-state index in [1.807, 2.05) is 24.6 Å². The zero-order chi connectivity index (χ0) is 17.5. The number of aromatic nitrogens is 2. The van der Waals surface area contributed by atoms with E-state index in [1.165, 1.54) is 0 Å². The van der Waals surface area contributed by atoms with E-state index in [-0.39, 0.29) is 11.9 Å². The highest BCUT2D eigenvalue weighted by Gasteiger charge is 2.26. The second-order valence-corrected chi connectivity index (χ2v) is 6.63. The molecule has 1 aliphatic rings. The van der Waals surface area contributed by atoms with Gasteiger partial charge in [0.1, 0.15) is 5.82 Å². The van der Waals surface area contributed by atoms with Crippen molar-refractivity contribution >= 4 is 11.7 Å². The van der Waals surface area contributed by atoms with Crippen molar-refractivity contribution in [2.45, 2.75) is 39.3 Å². The van der Waals surface area contributed by atoms with E-state index in [1.54, 1.807) is 13.3 Å². The van der Waals surface area contributed by atoms with Gasteiger partial charge in [-0.15, -0.1) is 0 Å². The lowest BCUT2D eigenvalue weighted by Gasteiger charge is -2.40. The Kier molecular flexibility index (Phi) is 7.20. The maximum absolute atomic E-state index is 12.4.